The van der Waals surface area contributed by atoms with Gasteiger partial charge in [-0.2, -0.15) is 0 Å². The predicted octanol–water partition coefficient (Wildman–Crippen LogP) is 2.17. The molecular weight excluding hydrogens is 370 g/mol. The van der Waals surface area contributed by atoms with E-state index in [1.807, 2.05) is 24.8 Å². The van der Waals surface area contributed by atoms with Gasteiger partial charge in [0.25, 0.3) is 5.56 Å². The minimum Gasteiger partial charge on any atom is -0.338 e. The normalized spacial score (nSPS) is 19.4. The number of likely N-dealkylation sites (tertiary alicyclic amines) is 1. The topological polar surface area (TPSA) is 90.8 Å². The third-order valence-corrected chi connectivity index (χ3v) is 6.08. The van der Waals surface area contributed by atoms with E-state index in [2.05, 4.69) is 5.10 Å². The molecule has 0 aromatic carbocycles. The van der Waals surface area contributed by atoms with E-state index in [1.165, 1.54) is 4.52 Å². The van der Waals surface area contributed by atoms with Crippen LogP contribution in [0.4, 0.5) is 0 Å². The van der Waals surface area contributed by atoms with Crippen molar-refractivity contribution in [2.45, 2.75) is 71.4 Å². The van der Waals surface area contributed by atoms with Crippen LogP contribution in [-0.2, 0) is 22.6 Å². The van der Waals surface area contributed by atoms with E-state index in [-0.39, 0.29) is 23.4 Å². The largest absolute Gasteiger partial charge is 0.338 e. The first-order valence-electron chi connectivity index (χ1n) is 10.7. The lowest BCUT2D eigenvalue weighted by Gasteiger charge is -2.35. The maximum absolute atomic E-state index is 13.1. The Kier molecular flexibility index (Phi) is 5.43. The van der Waals surface area contributed by atoms with Crippen molar-refractivity contribution >= 4 is 17.5 Å². The third-order valence-electron chi connectivity index (χ3n) is 6.08. The Bertz CT molecular complexity index is 992. The summed E-state index contributed by atoms with van der Waals surface area (Å²) in [6.07, 6.45) is 5.32. The molecule has 1 N–H and O–H groups in total. The number of hydrogen-bond donors (Lipinski definition) is 1. The molecule has 29 heavy (non-hydrogen) atoms. The molecule has 0 aliphatic carbocycles. The Morgan fingerprint density at radius 1 is 1.21 bits per heavy atom. The molecule has 8 nitrogen and oxygen atoms in total. The highest BCUT2D eigenvalue weighted by Crippen LogP contribution is 2.31. The fraction of sp³-hybridized carbons (Fsp3) is 0.619. The second kappa shape index (κ2) is 8.00. The lowest BCUT2D eigenvalue weighted by Crippen LogP contribution is -2.40. The van der Waals surface area contributed by atoms with Crippen molar-refractivity contribution in [2.75, 3.05) is 13.1 Å². The lowest BCUT2D eigenvalue weighted by molar-refractivity contribution is -0.135. The predicted molar refractivity (Wildman–Crippen MR) is 108 cm³/mol. The standard InChI is InChI=1S/C21H29N5O3/c1-3-7-20(28)24-11-9-15-14(13-24)21(29)26-18(22-15)12-16(23-26)17-8-5-6-10-25(17)19(27)4-2/h12,17,23H,3-11,13H2,1-2H3. The van der Waals surface area contributed by atoms with E-state index in [4.69, 9.17) is 4.98 Å². The molecule has 2 aliphatic heterocycles. The van der Waals surface area contributed by atoms with Crippen LogP contribution in [0.15, 0.2) is 10.9 Å². The van der Waals surface area contributed by atoms with Crippen LogP contribution in [0.5, 0.6) is 0 Å². The summed E-state index contributed by atoms with van der Waals surface area (Å²) in [6, 6.07) is 1.86. The molecular formula is C21H29N5O3. The zero-order valence-corrected chi connectivity index (χ0v) is 17.2. The average molecular weight is 399 g/mol. The van der Waals surface area contributed by atoms with Gasteiger partial charge >= 0.3 is 0 Å². The summed E-state index contributed by atoms with van der Waals surface area (Å²) >= 11 is 0. The third kappa shape index (κ3) is 3.56. The first kappa shape index (κ1) is 19.7. The second-order valence-electron chi connectivity index (χ2n) is 8.01. The van der Waals surface area contributed by atoms with Crippen molar-refractivity contribution in [2.24, 2.45) is 0 Å². The molecule has 1 atom stereocenters. The maximum atomic E-state index is 13.1. The van der Waals surface area contributed by atoms with Gasteiger partial charge < -0.3 is 9.80 Å². The summed E-state index contributed by atoms with van der Waals surface area (Å²) in [5.74, 6) is 0.226. The summed E-state index contributed by atoms with van der Waals surface area (Å²) in [7, 11) is 0. The van der Waals surface area contributed by atoms with Crippen LogP contribution < -0.4 is 5.56 Å². The molecule has 0 bridgehead atoms. The summed E-state index contributed by atoms with van der Waals surface area (Å²) < 4.78 is 1.48. The van der Waals surface area contributed by atoms with Crippen molar-refractivity contribution in [1.29, 1.82) is 0 Å². The number of amides is 2. The number of fused-ring (bicyclic) bond motifs is 2. The quantitative estimate of drug-likeness (QED) is 0.853. The molecule has 1 fully saturated rings. The number of piperidine rings is 1. The Morgan fingerprint density at radius 2 is 2.03 bits per heavy atom. The highest BCUT2D eigenvalue weighted by Gasteiger charge is 2.30. The molecule has 8 heteroatoms. The summed E-state index contributed by atoms with van der Waals surface area (Å²) in [5.41, 5.74) is 2.68. The van der Waals surface area contributed by atoms with Crippen LogP contribution in [0.1, 0.15) is 75.4 Å². The zero-order valence-electron chi connectivity index (χ0n) is 17.2. The second-order valence-corrected chi connectivity index (χ2v) is 8.01. The number of hydrogen-bond acceptors (Lipinski definition) is 4. The van der Waals surface area contributed by atoms with Crippen molar-refractivity contribution in [1.82, 2.24) is 24.4 Å². The average Bonchev–Trinajstić information content (AvgIpc) is 3.17. The Morgan fingerprint density at radius 3 is 2.79 bits per heavy atom. The molecule has 2 aromatic rings. The Hall–Kier alpha value is -2.64. The zero-order chi connectivity index (χ0) is 20.5. The molecule has 0 radical (unpaired) electrons. The van der Waals surface area contributed by atoms with E-state index in [0.717, 1.165) is 43.6 Å². The Labute approximate surface area is 169 Å². The van der Waals surface area contributed by atoms with Crippen molar-refractivity contribution in [3.63, 3.8) is 0 Å². The highest BCUT2D eigenvalue weighted by atomic mass is 16.2. The van der Waals surface area contributed by atoms with Gasteiger partial charge in [0.2, 0.25) is 11.8 Å². The highest BCUT2D eigenvalue weighted by molar-refractivity contribution is 5.77. The molecule has 0 saturated carbocycles. The molecule has 2 aromatic heterocycles. The fourth-order valence-corrected chi connectivity index (χ4v) is 4.51. The number of carbonyl (C=O) groups is 2. The van der Waals surface area contributed by atoms with Gasteiger partial charge in [0.1, 0.15) is 0 Å². The minimum atomic E-state index is -0.144. The molecule has 2 amide bonds. The minimum absolute atomic E-state index is 0.0445. The molecule has 1 saturated heterocycles. The summed E-state index contributed by atoms with van der Waals surface area (Å²) in [5, 5.41) is 3.21. The summed E-state index contributed by atoms with van der Waals surface area (Å²) in [6.45, 7) is 5.54. The van der Waals surface area contributed by atoms with Crippen LogP contribution in [-0.4, -0.2) is 49.3 Å². The van der Waals surface area contributed by atoms with E-state index in [1.54, 1.807) is 4.90 Å². The number of H-pyrrole nitrogens is 1. The van der Waals surface area contributed by atoms with E-state index in [9.17, 15) is 14.4 Å². The van der Waals surface area contributed by atoms with Gasteiger partial charge in [0.15, 0.2) is 5.65 Å². The number of aromatic nitrogens is 3. The van der Waals surface area contributed by atoms with Crippen LogP contribution in [0.2, 0.25) is 0 Å². The molecule has 4 rings (SSSR count). The molecule has 0 spiro atoms. The summed E-state index contributed by atoms with van der Waals surface area (Å²) in [4.78, 5) is 46.2. The molecule has 4 heterocycles. The first-order valence-corrected chi connectivity index (χ1v) is 10.7. The van der Waals surface area contributed by atoms with Gasteiger partial charge in [-0.3, -0.25) is 19.5 Å². The smallest absolute Gasteiger partial charge is 0.277 e. The van der Waals surface area contributed by atoms with Gasteiger partial charge in [0, 0.05) is 38.4 Å². The van der Waals surface area contributed by atoms with Gasteiger partial charge in [0.05, 0.1) is 29.5 Å². The fourth-order valence-electron chi connectivity index (χ4n) is 4.51. The van der Waals surface area contributed by atoms with E-state index in [0.29, 0.717) is 43.6 Å². The lowest BCUT2D eigenvalue weighted by atomic mass is 9.99. The van der Waals surface area contributed by atoms with Crippen LogP contribution in [0.3, 0.4) is 0 Å². The maximum Gasteiger partial charge on any atom is 0.277 e. The van der Waals surface area contributed by atoms with Crippen LogP contribution >= 0.6 is 0 Å². The monoisotopic (exact) mass is 399 g/mol. The van der Waals surface area contributed by atoms with Crippen LogP contribution in [0, 0.1) is 0 Å². The SMILES string of the molecule is CCCC(=O)N1CCc2nc3cc(C4CCCCN4C(=O)CC)[nH]n3c(=O)c2C1. The van der Waals surface area contributed by atoms with Crippen LogP contribution in [0.25, 0.3) is 5.65 Å². The number of carbonyl (C=O) groups excluding carboxylic acids is 2. The number of nitrogens with zero attached hydrogens (tertiary/aromatic N) is 4. The number of rotatable bonds is 4. The van der Waals surface area contributed by atoms with Gasteiger partial charge in [-0.25, -0.2) is 9.50 Å². The van der Waals surface area contributed by atoms with E-state index >= 15 is 0 Å². The molecule has 156 valence electrons. The Balaban J connectivity index is 1.69. The van der Waals surface area contributed by atoms with Crippen molar-refractivity contribution < 1.29 is 9.59 Å². The van der Waals surface area contributed by atoms with Gasteiger partial charge in [-0.05, 0) is 25.7 Å². The molecule has 2 aliphatic rings. The number of nitrogens with one attached hydrogen (secondary N) is 1. The van der Waals surface area contributed by atoms with Crippen molar-refractivity contribution in [3.05, 3.63) is 33.4 Å². The van der Waals surface area contributed by atoms with E-state index < -0.39 is 0 Å². The molecule has 1 unspecified atom stereocenters. The van der Waals surface area contributed by atoms with Gasteiger partial charge in [-0.1, -0.05) is 13.8 Å². The number of aromatic amines is 1. The first-order chi connectivity index (χ1) is 14.0. The van der Waals surface area contributed by atoms with Crippen molar-refractivity contribution in [3.8, 4) is 0 Å². The van der Waals surface area contributed by atoms with Gasteiger partial charge in [-0.15, -0.1) is 0 Å².